The van der Waals surface area contributed by atoms with Crippen LogP contribution in [0.4, 0.5) is 0 Å². The summed E-state index contributed by atoms with van der Waals surface area (Å²) in [5.74, 6) is -1.73. The summed E-state index contributed by atoms with van der Waals surface area (Å²) in [7, 11) is 0. The number of aliphatic carboxylic acids is 2. The summed E-state index contributed by atoms with van der Waals surface area (Å²) in [6.07, 6.45) is 4.19. The van der Waals surface area contributed by atoms with Gasteiger partial charge in [0.25, 0.3) is 0 Å². The minimum atomic E-state index is -1.26. The van der Waals surface area contributed by atoms with Gasteiger partial charge in [0.1, 0.15) is 0 Å². The molecule has 6 nitrogen and oxygen atoms in total. The standard InChI is InChI=1S/C20H23NO.C4H4O4/c1-2-4-17(5-3-1)18-8-6-16(7-9-18)15-22-20-14-21-12-10-19(20)11-13-21;5-3(6)1-2-4(7)8/h1-9,19-20H,10-15H2;1-2H,(H,5,6)(H,7,8)/b;2-1+. The van der Waals surface area contributed by atoms with Crippen molar-refractivity contribution >= 4 is 11.9 Å². The fraction of sp³-hybridized carbons (Fsp3) is 0.333. The molecular weight excluding hydrogens is 382 g/mol. The molecule has 3 saturated heterocycles. The van der Waals surface area contributed by atoms with Crippen molar-refractivity contribution in [2.24, 2.45) is 5.92 Å². The van der Waals surface area contributed by atoms with Crippen molar-refractivity contribution in [2.75, 3.05) is 19.6 Å². The first-order valence-electron chi connectivity index (χ1n) is 10.1. The fourth-order valence-corrected chi connectivity index (χ4v) is 3.87. The Morgan fingerprint density at radius 2 is 1.47 bits per heavy atom. The number of nitrogens with zero attached hydrogens (tertiary/aromatic N) is 1. The molecule has 158 valence electrons. The van der Waals surface area contributed by atoms with Crippen LogP contribution in [-0.4, -0.2) is 52.8 Å². The molecule has 0 amide bonds. The highest BCUT2D eigenvalue weighted by molar-refractivity contribution is 5.89. The molecule has 30 heavy (non-hydrogen) atoms. The molecule has 2 aromatic rings. The van der Waals surface area contributed by atoms with Gasteiger partial charge in [-0.1, -0.05) is 54.6 Å². The molecule has 0 radical (unpaired) electrons. The first kappa shape index (κ1) is 21.7. The van der Waals surface area contributed by atoms with Crippen LogP contribution in [0.3, 0.4) is 0 Å². The van der Waals surface area contributed by atoms with Gasteiger partial charge in [0, 0.05) is 18.7 Å². The van der Waals surface area contributed by atoms with E-state index < -0.39 is 11.9 Å². The maximum absolute atomic E-state index is 9.55. The molecule has 0 aromatic heterocycles. The van der Waals surface area contributed by atoms with Crippen molar-refractivity contribution in [3.8, 4) is 11.1 Å². The third-order valence-electron chi connectivity index (χ3n) is 5.49. The van der Waals surface area contributed by atoms with Crippen molar-refractivity contribution < 1.29 is 24.5 Å². The lowest BCUT2D eigenvalue weighted by Gasteiger charge is -2.44. The van der Waals surface area contributed by atoms with Crippen LogP contribution in [0.15, 0.2) is 66.7 Å². The average molecular weight is 409 g/mol. The van der Waals surface area contributed by atoms with Gasteiger partial charge in [-0.05, 0) is 48.5 Å². The minimum absolute atomic E-state index is 0.441. The maximum Gasteiger partial charge on any atom is 0.328 e. The number of hydrogen-bond acceptors (Lipinski definition) is 4. The SMILES string of the molecule is O=C(O)/C=C/C(=O)O.c1ccc(-c2ccc(COC3CN4CCC3CC4)cc2)cc1. The second-order valence-electron chi connectivity index (χ2n) is 7.56. The maximum atomic E-state index is 9.55. The summed E-state index contributed by atoms with van der Waals surface area (Å²) < 4.78 is 6.21. The van der Waals surface area contributed by atoms with E-state index in [1.165, 1.54) is 42.6 Å². The van der Waals surface area contributed by atoms with Crippen LogP contribution in [0.1, 0.15) is 18.4 Å². The molecule has 2 N–H and O–H groups in total. The van der Waals surface area contributed by atoms with Crippen LogP contribution in [0.25, 0.3) is 11.1 Å². The van der Waals surface area contributed by atoms with Crippen molar-refractivity contribution in [2.45, 2.75) is 25.6 Å². The lowest BCUT2D eigenvalue weighted by molar-refractivity contribution is -0.134. The van der Waals surface area contributed by atoms with Crippen molar-refractivity contribution in [1.29, 1.82) is 0 Å². The molecule has 5 rings (SSSR count). The van der Waals surface area contributed by atoms with Gasteiger partial charge in [0.15, 0.2) is 0 Å². The second-order valence-corrected chi connectivity index (χ2v) is 7.56. The summed E-state index contributed by atoms with van der Waals surface area (Å²) in [5, 5.41) is 15.6. The number of carboxylic acid groups (broad SMARTS) is 2. The number of hydrogen-bond donors (Lipinski definition) is 2. The molecule has 0 saturated carbocycles. The van der Waals surface area contributed by atoms with Gasteiger partial charge in [-0.3, -0.25) is 0 Å². The molecule has 6 heteroatoms. The molecule has 0 aliphatic carbocycles. The Morgan fingerprint density at radius 1 is 0.900 bits per heavy atom. The van der Waals surface area contributed by atoms with Crippen molar-refractivity contribution in [3.63, 3.8) is 0 Å². The van der Waals surface area contributed by atoms with E-state index in [-0.39, 0.29) is 0 Å². The zero-order chi connectivity index (χ0) is 21.3. The van der Waals surface area contributed by atoms with Gasteiger partial charge in [0.2, 0.25) is 0 Å². The predicted molar refractivity (Wildman–Crippen MR) is 114 cm³/mol. The summed E-state index contributed by atoms with van der Waals surface area (Å²) in [5.41, 5.74) is 3.82. The molecule has 3 aliphatic heterocycles. The summed E-state index contributed by atoms with van der Waals surface area (Å²) >= 11 is 0. The minimum Gasteiger partial charge on any atom is -0.478 e. The quantitative estimate of drug-likeness (QED) is 0.708. The van der Waals surface area contributed by atoms with Crippen LogP contribution < -0.4 is 0 Å². The first-order valence-corrected chi connectivity index (χ1v) is 10.1. The van der Waals surface area contributed by atoms with E-state index in [0.717, 1.165) is 19.1 Å². The highest BCUT2D eigenvalue weighted by atomic mass is 16.5. The number of carbonyl (C=O) groups is 2. The largest absolute Gasteiger partial charge is 0.478 e. The monoisotopic (exact) mass is 409 g/mol. The van der Waals surface area contributed by atoms with E-state index >= 15 is 0 Å². The number of rotatable bonds is 6. The van der Waals surface area contributed by atoms with Crippen LogP contribution in [-0.2, 0) is 20.9 Å². The molecule has 2 bridgehead atoms. The Morgan fingerprint density at radius 3 is 1.97 bits per heavy atom. The molecule has 3 fully saturated rings. The smallest absolute Gasteiger partial charge is 0.328 e. The molecule has 1 unspecified atom stereocenters. The molecule has 2 aromatic carbocycles. The van der Waals surface area contributed by atoms with Crippen LogP contribution in [0.2, 0.25) is 0 Å². The van der Waals surface area contributed by atoms with E-state index in [0.29, 0.717) is 18.3 Å². The van der Waals surface area contributed by atoms with Gasteiger partial charge in [-0.25, -0.2) is 9.59 Å². The molecule has 1 atom stereocenters. The highest BCUT2D eigenvalue weighted by Crippen LogP contribution is 2.30. The van der Waals surface area contributed by atoms with E-state index in [1.54, 1.807) is 0 Å². The molecular formula is C24H27NO5. The number of piperidine rings is 3. The van der Waals surface area contributed by atoms with Gasteiger partial charge in [-0.2, -0.15) is 0 Å². The van der Waals surface area contributed by atoms with Gasteiger partial charge < -0.3 is 19.8 Å². The van der Waals surface area contributed by atoms with Gasteiger partial charge in [0.05, 0.1) is 12.7 Å². The Balaban J connectivity index is 0.000000275. The molecule has 0 spiro atoms. The van der Waals surface area contributed by atoms with Crippen LogP contribution in [0, 0.1) is 5.92 Å². The van der Waals surface area contributed by atoms with E-state index in [4.69, 9.17) is 14.9 Å². The lowest BCUT2D eigenvalue weighted by atomic mass is 9.86. The zero-order valence-electron chi connectivity index (χ0n) is 16.8. The summed E-state index contributed by atoms with van der Waals surface area (Å²) in [6, 6.07) is 19.3. The van der Waals surface area contributed by atoms with Crippen LogP contribution >= 0.6 is 0 Å². The topological polar surface area (TPSA) is 87.1 Å². The fourth-order valence-electron chi connectivity index (χ4n) is 3.87. The van der Waals surface area contributed by atoms with Crippen LogP contribution in [0.5, 0.6) is 0 Å². The number of carboxylic acids is 2. The zero-order valence-corrected chi connectivity index (χ0v) is 16.8. The molecule has 3 aliphatic rings. The van der Waals surface area contributed by atoms with Gasteiger partial charge in [-0.15, -0.1) is 0 Å². The Hall–Kier alpha value is -2.96. The van der Waals surface area contributed by atoms with Crippen molar-refractivity contribution in [3.05, 3.63) is 72.3 Å². The lowest BCUT2D eigenvalue weighted by Crippen LogP contribution is -2.51. The Labute approximate surface area is 176 Å². The Bertz CT molecular complexity index is 839. The normalized spacial score (nSPS) is 22.3. The third-order valence-corrected chi connectivity index (χ3v) is 5.49. The van der Waals surface area contributed by atoms with E-state index in [1.807, 2.05) is 0 Å². The Kier molecular flexibility index (Phi) is 7.76. The number of fused-ring (bicyclic) bond motifs is 3. The average Bonchev–Trinajstić information content (AvgIpc) is 2.78. The van der Waals surface area contributed by atoms with E-state index in [2.05, 4.69) is 59.5 Å². The predicted octanol–water partition coefficient (Wildman–Crippen LogP) is 3.68. The summed E-state index contributed by atoms with van der Waals surface area (Å²) in [4.78, 5) is 21.7. The van der Waals surface area contributed by atoms with E-state index in [9.17, 15) is 9.59 Å². The molecule has 3 heterocycles. The summed E-state index contributed by atoms with van der Waals surface area (Å²) in [6.45, 7) is 4.42. The van der Waals surface area contributed by atoms with Crippen molar-refractivity contribution in [1.82, 2.24) is 4.90 Å². The third kappa shape index (κ3) is 6.54. The first-order chi connectivity index (χ1) is 14.5. The van der Waals surface area contributed by atoms with Gasteiger partial charge >= 0.3 is 11.9 Å². The number of benzene rings is 2. The number of ether oxygens (including phenoxy) is 1. The highest BCUT2D eigenvalue weighted by Gasteiger charge is 2.34. The second kappa shape index (κ2) is 10.7.